The van der Waals surface area contributed by atoms with E-state index < -0.39 is 14.1 Å². The van der Waals surface area contributed by atoms with Crippen molar-refractivity contribution in [1.29, 1.82) is 0 Å². The molecule has 0 amide bonds. The Labute approximate surface area is 365 Å². The number of hydrogen-bond donors (Lipinski definition) is 1. The molecule has 1 heterocycles. The standard InChI is InChI=1S/C55H49N5P2/c1-43-38-39-54(58-61(47-26-12-4-13-27-47,48-28-14-5-15-29-48)49-30-16-6-17-31-49)45(40-43)41-56-42-53-44(2)57-60(46-24-10-3-11-25-46)55(53)59-62(50-32-18-7-19-33-50,51-34-20-8-21-35-51)52-36-22-9-23-37-52/h3-40,56H,41-42H2,1-2H3. The van der Waals surface area contributed by atoms with E-state index in [0.717, 1.165) is 34.0 Å². The first kappa shape index (κ1) is 40.8. The van der Waals surface area contributed by atoms with Gasteiger partial charge in [-0.15, -0.1) is 0 Å². The smallest absolute Gasteiger partial charge is 0.160 e. The molecular formula is C55H49N5P2. The number of nitrogens with zero attached hydrogens (tertiary/aromatic N) is 4. The average Bonchev–Trinajstić information content (AvgIpc) is 3.65. The molecule has 1 aromatic heterocycles. The van der Waals surface area contributed by atoms with E-state index in [-0.39, 0.29) is 0 Å². The van der Waals surface area contributed by atoms with Crippen molar-refractivity contribution in [2.45, 2.75) is 26.9 Å². The quantitative estimate of drug-likeness (QED) is 0.118. The molecule has 0 radical (unpaired) electrons. The van der Waals surface area contributed by atoms with E-state index in [1.54, 1.807) is 0 Å². The van der Waals surface area contributed by atoms with Crippen molar-refractivity contribution < 1.29 is 0 Å². The Hall–Kier alpha value is -6.61. The van der Waals surface area contributed by atoms with Gasteiger partial charge in [-0.3, -0.25) is 4.74 Å². The van der Waals surface area contributed by atoms with E-state index in [1.807, 2.05) is 10.7 Å². The van der Waals surface area contributed by atoms with Gasteiger partial charge >= 0.3 is 0 Å². The van der Waals surface area contributed by atoms with Crippen LogP contribution in [0, 0.1) is 13.8 Å². The van der Waals surface area contributed by atoms with Crippen LogP contribution in [0.4, 0.5) is 11.5 Å². The summed E-state index contributed by atoms with van der Waals surface area (Å²) in [5.41, 5.74) is 6.28. The van der Waals surface area contributed by atoms with Gasteiger partial charge in [-0.25, -0.2) is 9.43 Å². The fourth-order valence-electron chi connectivity index (χ4n) is 8.29. The summed E-state index contributed by atoms with van der Waals surface area (Å²) in [5.74, 6) is 0.849. The van der Waals surface area contributed by atoms with Crippen LogP contribution in [0.15, 0.2) is 240 Å². The van der Waals surface area contributed by atoms with Crippen molar-refractivity contribution in [3.05, 3.63) is 253 Å². The third kappa shape index (κ3) is 8.11. The molecule has 0 bridgehead atoms. The summed E-state index contributed by atoms with van der Waals surface area (Å²) < 4.78 is 14.0. The maximum Gasteiger partial charge on any atom is 0.160 e. The van der Waals surface area contributed by atoms with Crippen LogP contribution in [0.25, 0.3) is 5.69 Å². The van der Waals surface area contributed by atoms with Crippen molar-refractivity contribution in [2.75, 3.05) is 0 Å². The first-order valence-corrected chi connectivity index (χ1v) is 24.6. The second-order valence-electron chi connectivity index (χ2n) is 15.4. The molecule has 0 atom stereocenters. The summed E-state index contributed by atoms with van der Waals surface area (Å²) in [6, 6.07) is 82.0. The van der Waals surface area contributed by atoms with Crippen molar-refractivity contribution in [3.8, 4) is 5.69 Å². The van der Waals surface area contributed by atoms with E-state index in [0.29, 0.717) is 13.1 Å². The summed E-state index contributed by atoms with van der Waals surface area (Å²) in [6.07, 6.45) is 0. The number of aryl methyl sites for hydroxylation is 2. The largest absolute Gasteiger partial charge is 0.308 e. The van der Waals surface area contributed by atoms with E-state index in [4.69, 9.17) is 14.6 Å². The van der Waals surface area contributed by atoms with Crippen molar-refractivity contribution in [1.82, 2.24) is 15.1 Å². The van der Waals surface area contributed by atoms with Gasteiger partial charge in [0.1, 0.15) is 0 Å². The highest BCUT2D eigenvalue weighted by molar-refractivity contribution is 7.88. The Bertz CT molecular complexity index is 2780. The lowest BCUT2D eigenvalue weighted by molar-refractivity contribution is 0.691. The fraction of sp³-hybridized carbons (Fsp3) is 0.0727. The zero-order chi connectivity index (χ0) is 42.2. The topological polar surface area (TPSA) is 54.6 Å². The molecule has 0 aliphatic carbocycles. The Morgan fingerprint density at radius 2 is 0.806 bits per heavy atom. The van der Waals surface area contributed by atoms with Crippen LogP contribution in [0.5, 0.6) is 0 Å². The molecule has 0 spiro atoms. The molecule has 7 heteroatoms. The first-order chi connectivity index (χ1) is 30.6. The van der Waals surface area contributed by atoms with Crippen molar-refractivity contribution in [2.24, 2.45) is 9.49 Å². The van der Waals surface area contributed by atoms with Gasteiger partial charge in [0.2, 0.25) is 0 Å². The van der Waals surface area contributed by atoms with Crippen molar-refractivity contribution in [3.63, 3.8) is 0 Å². The minimum Gasteiger partial charge on any atom is -0.308 e. The second kappa shape index (κ2) is 18.6. The van der Waals surface area contributed by atoms with E-state index in [1.165, 1.54) is 37.4 Å². The van der Waals surface area contributed by atoms with Gasteiger partial charge in [0, 0.05) is 50.5 Å². The number of nitrogens with one attached hydrogen (secondary N) is 1. The maximum atomic E-state index is 6.06. The predicted molar refractivity (Wildman–Crippen MR) is 264 cm³/mol. The molecule has 0 aliphatic heterocycles. The lowest BCUT2D eigenvalue weighted by Crippen LogP contribution is -2.25. The average molecular weight is 842 g/mol. The third-order valence-corrected chi connectivity index (χ3v) is 18.6. The fourth-order valence-corrected chi connectivity index (χ4v) is 15.4. The van der Waals surface area contributed by atoms with Crippen LogP contribution >= 0.6 is 14.1 Å². The summed E-state index contributed by atoms with van der Waals surface area (Å²) in [7, 11) is -5.12. The highest BCUT2D eigenvalue weighted by atomic mass is 31.2. The molecule has 0 unspecified atom stereocenters. The third-order valence-electron chi connectivity index (χ3n) is 11.3. The van der Waals surface area contributed by atoms with Crippen molar-refractivity contribution >= 4 is 57.4 Å². The maximum absolute atomic E-state index is 6.06. The molecule has 5 nitrogen and oxygen atoms in total. The summed E-state index contributed by atoms with van der Waals surface area (Å²) in [5, 5.41) is 16.3. The number of aromatic nitrogens is 2. The molecule has 0 saturated carbocycles. The molecule has 0 aliphatic rings. The highest BCUT2D eigenvalue weighted by Crippen LogP contribution is 2.51. The number of hydrogen-bond acceptors (Lipinski definition) is 4. The van der Waals surface area contributed by atoms with Gasteiger partial charge < -0.3 is 5.32 Å². The second-order valence-corrected chi connectivity index (χ2v) is 21.4. The molecule has 8 aromatic carbocycles. The molecule has 62 heavy (non-hydrogen) atoms. The lowest BCUT2D eigenvalue weighted by Gasteiger charge is -2.27. The molecular weight excluding hydrogens is 793 g/mol. The normalized spacial score (nSPS) is 11.6. The Balaban J connectivity index is 1.20. The number of benzene rings is 8. The zero-order valence-corrected chi connectivity index (χ0v) is 36.8. The minimum atomic E-state index is -2.63. The summed E-state index contributed by atoms with van der Waals surface area (Å²) in [4.78, 5) is 0. The van der Waals surface area contributed by atoms with Crippen LogP contribution < -0.4 is 37.1 Å². The first-order valence-electron chi connectivity index (χ1n) is 21.1. The summed E-state index contributed by atoms with van der Waals surface area (Å²) in [6.45, 7) is 5.42. The lowest BCUT2D eigenvalue weighted by atomic mass is 10.1. The van der Waals surface area contributed by atoms with E-state index in [2.05, 4.69) is 244 Å². The molecule has 9 rings (SSSR count). The van der Waals surface area contributed by atoms with Crippen LogP contribution in [0.2, 0.25) is 0 Å². The zero-order valence-electron chi connectivity index (χ0n) is 35.0. The van der Waals surface area contributed by atoms with Gasteiger partial charge in [0.25, 0.3) is 0 Å². The molecule has 9 aromatic rings. The summed E-state index contributed by atoms with van der Waals surface area (Å²) >= 11 is 0. The Morgan fingerprint density at radius 1 is 0.435 bits per heavy atom. The van der Waals surface area contributed by atoms with Gasteiger partial charge in [-0.05, 0) is 37.6 Å². The van der Waals surface area contributed by atoms with Gasteiger partial charge in [0.05, 0.1) is 31.2 Å². The van der Waals surface area contributed by atoms with Crippen LogP contribution in [0.3, 0.4) is 0 Å². The van der Waals surface area contributed by atoms with Crippen LogP contribution in [-0.4, -0.2) is 9.78 Å². The number of para-hydroxylation sites is 1. The minimum absolute atomic E-state index is 0.555. The van der Waals surface area contributed by atoms with Crippen LogP contribution in [-0.2, 0) is 13.1 Å². The molecule has 304 valence electrons. The predicted octanol–water partition coefficient (Wildman–Crippen LogP) is 11.4. The van der Waals surface area contributed by atoms with Gasteiger partial charge in [0.15, 0.2) is 5.82 Å². The van der Waals surface area contributed by atoms with Crippen LogP contribution in [0.1, 0.15) is 22.4 Å². The van der Waals surface area contributed by atoms with Gasteiger partial charge in [-0.2, -0.15) is 5.10 Å². The molecule has 0 saturated heterocycles. The SMILES string of the molecule is Cc1ccc(N=P(c2ccccc2)(c2ccccc2)c2ccccc2)c(CNCc2c(C)nn(-c3ccccc3)c2N=P(c2ccccc2)(c2ccccc2)c2ccccc2)c1. The monoisotopic (exact) mass is 841 g/mol. The Morgan fingerprint density at radius 3 is 1.21 bits per heavy atom. The van der Waals surface area contributed by atoms with E-state index >= 15 is 0 Å². The van der Waals surface area contributed by atoms with Gasteiger partial charge in [-0.1, -0.05) is 218 Å². The Kier molecular flexibility index (Phi) is 12.2. The molecule has 0 fully saturated rings. The highest BCUT2D eigenvalue weighted by Gasteiger charge is 2.31. The molecule has 1 N–H and O–H groups in total. The van der Waals surface area contributed by atoms with E-state index in [9.17, 15) is 0 Å². The number of rotatable bonds is 13.